The van der Waals surface area contributed by atoms with E-state index in [4.69, 9.17) is 4.74 Å². The number of rotatable bonds is 7. The molecule has 1 atom stereocenters. The van der Waals surface area contributed by atoms with Crippen LogP contribution in [0, 0.1) is 0 Å². The van der Waals surface area contributed by atoms with Crippen LogP contribution in [-0.2, 0) is 6.18 Å². The normalized spacial score (nSPS) is 12.8. The fourth-order valence-electron chi connectivity index (χ4n) is 2.51. The second kappa shape index (κ2) is 8.23. The van der Waals surface area contributed by atoms with Gasteiger partial charge < -0.3 is 4.74 Å². The molecule has 1 heterocycles. The third-order valence-corrected chi connectivity index (χ3v) is 3.90. The predicted octanol–water partition coefficient (Wildman–Crippen LogP) is 5.20. The average molecular weight is 353 g/mol. The smallest absolute Gasteiger partial charge is 0.417 e. The minimum atomic E-state index is -4.49. The van der Waals surface area contributed by atoms with Gasteiger partial charge in [-0.05, 0) is 50.1 Å². The van der Waals surface area contributed by atoms with Crippen LogP contribution >= 0.6 is 0 Å². The summed E-state index contributed by atoms with van der Waals surface area (Å²) in [5, 5.41) is 0. The van der Waals surface area contributed by atoms with Crippen molar-refractivity contribution in [3.05, 3.63) is 58.5 Å². The number of unbranched alkanes of at least 4 members (excludes halogenated alkanes) is 2. The second-order valence-corrected chi connectivity index (χ2v) is 6.04. The molecule has 0 N–H and O–H groups in total. The van der Waals surface area contributed by atoms with Crippen LogP contribution in [0.25, 0.3) is 5.69 Å². The van der Waals surface area contributed by atoms with Crippen LogP contribution in [0.5, 0.6) is 5.75 Å². The SMILES string of the molecule is CCCCCC(C)Oc1ccc(-n2cc(C(F)(F)F)ccc2=O)cc1. The average Bonchev–Trinajstić information content (AvgIpc) is 2.55. The molecule has 3 nitrogen and oxygen atoms in total. The largest absolute Gasteiger partial charge is 0.491 e. The van der Waals surface area contributed by atoms with Gasteiger partial charge in [0.1, 0.15) is 5.75 Å². The fourth-order valence-corrected chi connectivity index (χ4v) is 2.51. The molecule has 1 unspecified atom stereocenters. The van der Waals surface area contributed by atoms with Gasteiger partial charge in [0.05, 0.1) is 11.7 Å². The van der Waals surface area contributed by atoms with Crippen LogP contribution in [-0.4, -0.2) is 10.7 Å². The van der Waals surface area contributed by atoms with Gasteiger partial charge in [-0.15, -0.1) is 0 Å². The first-order valence-electron chi connectivity index (χ1n) is 8.38. The maximum atomic E-state index is 12.8. The maximum Gasteiger partial charge on any atom is 0.417 e. The fraction of sp³-hybridized carbons (Fsp3) is 0.421. The summed E-state index contributed by atoms with van der Waals surface area (Å²) in [6.07, 6.45) is 0.725. The topological polar surface area (TPSA) is 31.2 Å². The van der Waals surface area contributed by atoms with Crippen LogP contribution < -0.4 is 10.3 Å². The van der Waals surface area contributed by atoms with E-state index in [-0.39, 0.29) is 6.10 Å². The molecule has 0 aliphatic rings. The molecule has 0 amide bonds. The zero-order chi connectivity index (χ0) is 18.4. The van der Waals surface area contributed by atoms with Gasteiger partial charge in [0.25, 0.3) is 5.56 Å². The highest BCUT2D eigenvalue weighted by Gasteiger charge is 2.31. The number of hydrogen-bond acceptors (Lipinski definition) is 2. The number of aromatic nitrogens is 1. The van der Waals surface area contributed by atoms with Gasteiger partial charge in [0.2, 0.25) is 0 Å². The minimum absolute atomic E-state index is 0.0636. The van der Waals surface area contributed by atoms with Gasteiger partial charge in [-0.3, -0.25) is 9.36 Å². The molecule has 0 bridgehead atoms. The molecular weight excluding hydrogens is 331 g/mol. The Balaban J connectivity index is 2.13. The van der Waals surface area contributed by atoms with Gasteiger partial charge in [0, 0.05) is 18.0 Å². The van der Waals surface area contributed by atoms with E-state index in [1.54, 1.807) is 24.3 Å². The number of nitrogens with zero attached hydrogens (tertiary/aromatic N) is 1. The van der Waals surface area contributed by atoms with Crippen molar-refractivity contribution in [3.8, 4) is 11.4 Å². The summed E-state index contributed by atoms with van der Waals surface area (Å²) in [5.74, 6) is 0.632. The Morgan fingerprint density at radius 1 is 1.08 bits per heavy atom. The lowest BCUT2D eigenvalue weighted by atomic mass is 10.1. The molecule has 0 aliphatic heterocycles. The van der Waals surface area contributed by atoms with Crippen molar-refractivity contribution in [1.82, 2.24) is 4.57 Å². The molecule has 0 spiro atoms. The van der Waals surface area contributed by atoms with E-state index in [2.05, 4.69) is 6.92 Å². The third-order valence-electron chi connectivity index (χ3n) is 3.90. The van der Waals surface area contributed by atoms with Crippen molar-refractivity contribution in [2.75, 3.05) is 0 Å². The lowest BCUT2D eigenvalue weighted by Gasteiger charge is -2.15. The monoisotopic (exact) mass is 353 g/mol. The summed E-state index contributed by atoms with van der Waals surface area (Å²) in [6.45, 7) is 4.13. The van der Waals surface area contributed by atoms with Crippen LogP contribution in [0.15, 0.2) is 47.4 Å². The van der Waals surface area contributed by atoms with Gasteiger partial charge in [0.15, 0.2) is 0 Å². The summed E-state index contributed by atoms with van der Waals surface area (Å²) < 4.78 is 45.2. The van der Waals surface area contributed by atoms with E-state index < -0.39 is 17.3 Å². The standard InChI is InChI=1S/C19H22F3NO2/c1-3-4-5-6-14(2)25-17-10-8-16(9-11-17)23-13-15(19(20,21)22)7-12-18(23)24/h7-14H,3-6H2,1-2H3. The van der Waals surface area contributed by atoms with Gasteiger partial charge in [-0.2, -0.15) is 13.2 Å². The maximum absolute atomic E-state index is 12.8. The Bertz CT molecular complexity index is 736. The molecule has 2 rings (SSSR count). The van der Waals surface area contributed by atoms with E-state index >= 15 is 0 Å². The van der Waals surface area contributed by atoms with Gasteiger partial charge in [-0.1, -0.05) is 19.8 Å². The van der Waals surface area contributed by atoms with Crippen LogP contribution in [0.1, 0.15) is 45.1 Å². The molecule has 2 aromatic rings. The van der Waals surface area contributed by atoms with E-state index in [1.807, 2.05) is 6.92 Å². The predicted molar refractivity (Wildman–Crippen MR) is 91.3 cm³/mol. The van der Waals surface area contributed by atoms with Crippen molar-refractivity contribution in [2.24, 2.45) is 0 Å². The Hall–Kier alpha value is -2.24. The number of benzene rings is 1. The molecule has 6 heteroatoms. The van der Waals surface area contributed by atoms with Gasteiger partial charge >= 0.3 is 6.18 Å². The Kier molecular flexibility index (Phi) is 6.28. The molecule has 0 saturated heterocycles. The molecule has 0 saturated carbocycles. The van der Waals surface area contributed by atoms with Crippen molar-refractivity contribution in [1.29, 1.82) is 0 Å². The lowest BCUT2D eigenvalue weighted by molar-refractivity contribution is -0.138. The highest BCUT2D eigenvalue weighted by Crippen LogP contribution is 2.28. The Morgan fingerprint density at radius 2 is 1.76 bits per heavy atom. The second-order valence-electron chi connectivity index (χ2n) is 6.04. The first kappa shape index (κ1) is 19.1. The molecule has 0 fully saturated rings. The van der Waals surface area contributed by atoms with Crippen molar-refractivity contribution < 1.29 is 17.9 Å². The van der Waals surface area contributed by atoms with Crippen LogP contribution in [0.4, 0.5) is 13.2 Å². The molecule has 136 valence electrons. The number of halogens is 3. The number of pyridine rings is 1. The van der Waals surface area contributed by atoms with E-state index in [9.17, 15) is 18.0 Å². The molecule has 25 heavy (non-hydrogen) atoms. The number of alkyl halides is 3. The van der Waals surface area contributed by atoms with E-state index in [0.29, 0.717) is 11.4 Å². The van der Waals surface area contributed by atoms with E-state index in [0.717, 1.165) is 48.6 Å². The quantitative estimate of drug-likeness (QED) is 0.640. The number of hydrogen-bond donors (Lipinski definition) is 0. The highest BCUT2D eigenvalue weighted by molar-refractivity contribution is 5.38. The number of ether oxygens (including phenoxy) is 1. The van der Waals surface area contributed by atoms with Crippen molar-refractivity contribution in [3.63, 3.8) is 0 Å². The Labute approximate surface area is 145 Å². The molecule has 0 radical (unpaired) electrons. The lowest BCUT2D eigenvalue weighted by Crippen LogP contribution is -2.19. The van der Waals surface area contributed by atoms with Crippen LogP contribution in [0.2, 0.25) is 0 Å². The highest BCUT2D eigenvalue weighted by atomic mass is 19.4. The van der Waals surface area contributed by atoms with Gasteiger partial charge in [-0.25, -0.2) is 0 Å². The zero-order valence-electron chi connectivity index (χ0n) is 14.3. The summed E-state index contributed by atoms with van der Waals surface area (Å²) in [5.41, 5.74) is -1.02. The first-order chi connectivity index (χ1) is 11.8. The van der Waals surface area contributed by atoms with E-state index in [1.165, 1.54) is 0 Å². The minimum Gasteiger partial charge on any atom is -0.491 e. The first-order valence-corrected chi connectivity index (χ1v) is 8.38. The van der Waals surface area contributed by atoms with Crippen molar-refractivity contribution in [2.45, 2.75) is 51.8 Å². The summed E-state index contributed by atoms with van der Waals surface area (Å²) in [7, 11) is 0. The summed E-state index contributed by atoms with van der Waals surface area (Å²) >= 11 is 0. The summed E-state index contributed by atoms with van der Waals surface area (Å²) in [6, 6.07) is 8.19. The molecule has 0 aliphatic carbocycles. The van der Waals surface area contributed by atoms with Crippen LogP contribution in [0.3, 0.4) is 0 Å². The zero-order valence-corrected chi connectivity index (χ0v) is 14.3. The molecule has 1 aromatic heterocycles. The molecule has 1 aromatic carbocycles. The molecular formula is C19H22F3NO2. The third kappa shape index (κ3) is 5.37. The van der Waals surface area contributed by atoms with Crippen molar-refractivity contribution >= 4 is 0 Å². The Morgan fingerprint density at radius 3 is 2.36 bits per heavy atom. The summed E-state index contributed by atoms with van der Waals surface area (Å²) in [4.78, 5) is 11.9.